The standard InChI is InChI=1S/C46H90O7Si3/c1-21-22-27-34(2)32-38(52-55(17,18)45(9,10)11)30-31-40-39(41(50-37(5)47)33-42(40)53-56(19,20)46(12,13)14)28-25-23-24-26-29-43(48)49-35(3)36(4)51-54(15,16)44(6,7)8/h30-31,34-36,38,40,42H,21-29,32-33H2,1-20H3/b31-30+/t34-,35?,36?,38+,40?,42+/m0/s1. The summed E-state index contributed by atoms with van der Waals surface area (Å²) >= 11 is 0. The van der Waals surface area contributed by atoms with Crippen LogP contribution in [0, 0.1) is 11.8 Å². The molecule has 7 nitrogen and oxygen atoms in total. The van der Waals surface area contributed by atoms with E-state index in [-0.39, 0.29) is 57.4 Å². The highest BCUT2D eigenvalue weighted by Crippen LogP contribution is 2.45. The minimum Gasteiger partial charge on any atom is -0.460 e. The van der Waals surface area contributed by atoms with Gasteiger partial charge >= 0.3 is 11.9 Å². The predicted molar refractivity (Wildman–Crippen MR) is 244 cm³/mol. The SMILES string of the molecule is CCCC[C@H](C)C[C@@H](/C=C/C1C(CCCCCCC(=O)OC(C)C(C)O[Si](C)(C)C(C)(C)C)=C(OC(C)=O)C[C@H]1O[Si](C)(C)C(C)(C)C)O[Si](C)(C)C(C)(C)C. The Kier molecular flexibility index (Phi) is 20.8. The molecule has 0 aromatic rings. The lowest BCUT2D eigenvalue weighted by atomic mass is 9.92. The maximum absolute atomic E-state index is 12.8. The zero-order valence-corrected chi connectivity index (χ0v) is 43.3. The van der Waals surface area contributed by atoms with E-state index in [2.05, 4.69) is 128 Å². The maximum Gasteiger partial charge on any atom is 0.307 e. The van der Waals surface area contributed by atoms with Crippen LogP contribution in [0.15, 0.2) is 23.5 Å². The molecule has 0 saturated heterocycles. The van der Waals surface area contributed by atoms with Crippen LogP contribution in [0.5, 0.6) is 0 Å². The van der Waals surface area contributed by atoms with E-state index < -0.39 is 25.0 Å². The van der Waals surface area contributed by atoms with Crippen molar-refractivity contribution in [3.8, 4) is 0 Å². The molecule has 328 valence electrons. The Labute approximate surface area is 349 Å². The third-order valence-corrected chi connectivity index (χ3v) is 27.0. The first kappa shape index (κ1) is 53.0. The maximum atomic E-state index is 12.8. The van der Waals surface area contributed by atoms with E-state index in [0.717, 1.165) is 44.3 Å². The summed E-state index contributed by atoms with van der Waals surface area (Å²) in [6.07, 6.45) is 14.2. The lowest BCUT2D eigenvalue weighted by molar-refractivity contribution is -0.152. The van der Waals surface area contributed by atoms with E-state index in [4.69, 9.17) is 22.8 Å². The summed E-state index contributed by atoms with van der Waals surface area (Å²) in [5.74, 6) is 0.896. The summed E-state index contributed by atoms with van der Waals surface area (Å²) in [6, 6.07) is 0. The van der Waals surface area contributed by atoms with Crippen molar-refractivity contribution < 1.29 is 32.3 Å². The van der Waals surface area contributed by atoms with Gasteiger partial charge in [-0.1, -0.05) is 120 Å². The first-order valence-corrected chi connectivity index (χ1v) is 30.9. The molecule has 1 aliphatic carbocycles. The summed E-state index contributed by atoms with van der Waals surface area (Å²) in [6.45, 7) is 44.3. The first-order valence-electron chi connectivity index (χ1n) is 22.2. The van der Waals surface area contributed by atoms with Crippen LogP contribution in [-0.2, 0) is 32.3 Å². The second kappa shape index (κ2) is 22.0. The van der Waals surface area contributed by atoms with Crippen molar-refractivity contribution in [2.45, 2.75) is 246 Å². The van der Waals surface area contributed by atoms with E-state index in [1.54, 1.807) is 0 Å². The molecule has 56 heavy (non-hydrogen) atoms. The van der Waals surface area contributed by atoms with Crippen LogP contribution in [0.4, 0.5) is 0 Å². The number of carbonyl (C=O) groups excluding carboxylic acids is 2. The minimum atomic E-state index is -2.15. The number of ether oxygens (including phenoxy) is 2. The van der Waals surface area contributed by atoms with E-state index in [9.17, 15) is 9.59 Å². The van der Waals surface area contributed by atoms with Gasteiger partial charge in [0.15, 0.2) is 25.0 Å². The molecule has 1 aliphatic rings. The van der Waals surface area contributed by atoms with Crippen LogP contribution < -0.4 is 0 Å². The third-order valence-electron chi connectivity index (χ3n) is 13.4. The Balaban J connectivity index is 3.23. The molecule has 0 spiro atoms. The molecule has 1 rings (SSSR count). The van der Waals surface area contributed by atoms with Gasteiger partial charge in [-0.05, 0) is 105 Å². The molecule has 3 unspecified atom stereocenters. The average molecular weight is 839 g/mol. The second-order valence-electron chi connectivity index (χ2n) is 21.7. The molecule has 0 radical (unpaired) electrons. The topological polar surface area (TPSA) is 80.3 Å². The fourth-order valence-corrected chi connectivity index (χ4v) is 10.5. The number of hydrogen-bond donors (Lipinski definition) is 0. The molecule has 0 heterocycles. The lowest BCUT2D eigenvalue weighted by Crippen LogP contribution is -2.46. The molecule has 10 heteroatoms. The Morgan fingerprint density at radius 2 is 1.29 bits per heavy atom. The van der Waals surface area contributed by atoms with Crippen molar-refractivity contribution in [1.82, 2.24) is 0 Å². The molecule has 0 amide bonds. The van der Waals surface area contributed by atoms with Crippen LogP contribution in [0.25, 0.3) is 0 Å². The van der Waals surface area contributed by atoms with Crippen molar-refractivity contribution >= 4 is 36.9 Å². The zero-order chi connectivity index (χ0) is 43.5. The van der Waals surface area contributed by atoms with Gasteiger partial charge in [0.1, 0.15) is 11.9 Å². The molecule has 0 fully saturated rings. The number of esters is 2. The fourth-order valence-electron chi connectivity index (χ4n) is 6.42. The number of hydrogen-bond acceptors (Lipinski definition) is 7. The molecule has 0 N–H and O–H groups in total. The van der Waals surface area contributed by atoms with Crippen molar-refractivity contribution in [2.75, 3.05) is 0 Å². The van der Waals surface area contributed by atoms with Gasteiger partial charge in [0.25, 0.3) is 0 Å². The van der Waals surface area contributed by atoms with Crippen LogP contribution in [-0.4, -0.2) is 61.3 Å². The Morgan fingerprint density at radius 3 is 1.80 bits per heavy atom. The van der Waals surface area contributed by atoms with Crippen molar-refractivity contribution in [3.05, 3.63) is 23.5 Å². The summed E-state index contributed by atoms with van der Waals surface area (Å²) < 4.78 is 32.6. The van der Waals surface area contributed by atoms with Gasteiger partial charge in [-0.3, -0.25) is 9.59 Å². The molecule has 6 atom stereocenters. The van der Waals surface area contributed by atoms with E-state index >= 15 is 0 Å². The smallest absolute Gasteiger partial charge is 0.307 e. The third kappa shape index (κ3) is 17.3. The number of carbonyl (C=O) groups is 2. The van der Waals surface area contributed by atoms with Gasteiger partial charge in [-0.15, -0.1) is 0 Å². The van der Waals surface area contributed by atoms with Crippen LogP contribution >= 0.6 is 0 Å². The first-order chi connectivity index (χ1) is 25.3. The molecule has 0 bridgehead atoms. The van der Waals surface area contributed by atoms with E-state index in [1.165, 1.54) is 31.8 Å². The predicted octanol–water partition coefficient (Wildman–Crippen LogP) is 14.1. The summed E-state index contributed by atoms with van der Waals surface area (Å²) in [7, 11) is -6.14. The molecule has 0 aromatic heterocycles. The van der Waals surface area contributed by atoms with Gasteiger partial charge in [-0.2, -0.15) is 0 Å². The van der Waals surface area contributed by atoms with Crippen LogP contribution in [0.3, 0.4) is 0 Å². The number of rotatable bonds is 23. The van der Waals surface area contributed by atoms with Crippen molar-refractivity contribution in [2.24, 2.45) is 11.8 Å². The van der Waals surface area contributed by atoms with Gasteiger partial charge in [0.05, 0.1) is 18.3 Å². The fraction of sp³-hybridized carbons (Fsp3) is 0.870. The summed E-state index contributed by atoms with van der Waals surface area (Å²) in [4.78, 5) is 25.3. The lowest BCUT2D eigenvalue weighted by Gasteiger charge is -2.40. The highest BCUT2D eigenvalue weighted by atomic mass is 28.4. The average Bonchev–Trinajstić information content (AvgIpc) is 3.31. The molecular formula is C46H90O7Si3. The van der Waals surface area contributed by atoms with Crippen LogP contribution in [0.1, 0.15) is 168 Å². The van der Waals surface area contributed by atoms with Gasteiger partial charge < -0.3 is 22.8 Å². The summed E-state index contributed by atoms with van der Waals surface area (Å²) in [5.41, 5.74) is 1.18. The Hall–Kier alpha value is -1.05. The van der Waals surface area contributed by atoms with Crippen molar-refractivity contribution in [3.63, 3.8) is 0 Å². The second-order valence-corrected chi connectivity index (χ2v) is 35.9. The largest absolute Gasteiger partial charge is 0.460 e. The zero-order valence-electron chi connectivity index (χ0n) is 40.3. The highest BCUT2D eigenvalue weighted by molar-refractivity contribution is 6.75. The highest BCUT2D eigenvalue weighted by Gasteiger charge is 2.45. The monoisotopic (exact) mass is 839 g/mol. The molecule has 0 aromatic carbocycles. The molecule has 0 aliphatic heterocycles. The number of unbranched alkanes of at least 4 members (excludes halogenated alkanes) is 4. The van der Waals surface area contributed by atoms with Gasteiger partial charge in [0, 0.05) is 25.7 Å². The van der Waals surface area contributed by atoms with Gasteiger partial charge in [-0.25, -0.2) is 0 Å². The quantitative estimate of drug-likeness (QED) is 0.0439. The van der Waals surface area contributed by atoms with E-state index in [0.29, 0.717) is 18.8 Å². The van der Waals surface area contributed by atoms with Crippen LogP contribution in [0.2, 0.25) is 54.4 Å². The van der Waals surface area contributed by atoms with Gasteiger partial charge in [0.2, 0.25) is 0 Å². The minimum absolute atomic E-state index is 0.00179. The van der Waals surface area contributed by atoms with Crippen molar-refractivity contribution in [1.29, 1.82) is 0 Å². The summed E-state index contributed by atoms with van der Waals surface area (Å²) in [5, 5.41) is 0.248. The Bertz CT molecular complexity index is 1280. The molecule has 0 saturated carbocycles. The Morgan fingerprint density at radius 1 is 0.750 bits per heavy atom. The normalized spacial score (nSPS) is 20.0. The molecular weight excluding hydrogens is 749 g/mol. The van der Waals surface area contributed by atoms with E-state index in [1.807, 2.05) is 13.8 Å².